The lowest BCUT2D eigenvalue weighted by Crippen LogP contribution is -2.41. The van der Waals surface area contributed by atoms with Gasteiger partial charge in [-0.05, 0) is 58.4 Å². The van der Waals surface area contributed by atoms with E-state index >= 15 is 0 Å². The summed E-state index contributed by atoms with van der Waals surface area (Å²) in [7, 11) is 1.88. The Morgan fingerprint density at radius 3 is 2.33 bits per heavy atom. The van der Waals surface area contributed by atoms with Crippen molar-refractivity contribution in [1.82, 2.24) is 4.90 Å². The second-order valence-corrected chi connectivity index (χ2v) is 6.63. The predicted molar refractivity (Wildman–Crippen MR) is 85.9 cm³/mol. The molecule has 1 atom stereocenters. The SMILES string of the molecule is Cc1ccc(C)c(OCC(O)CN(C)CC(C)(C)O)c1C. The summed E-state index contributed by atoms with van der Waals surface area (Å²) in [5.74, 6) is 0.860. The van der Waals surface area contributed by atoms with Gasteiger partial charge in [0.1, 0.15) is 18.5 Å². The number of aliphatic hydroxyl groups excluding tert-OH is 1. The van der Waals surface area contributed by atoms with Gasteiger partial charge in [0.25, 0.3) is 0 Å². The number of ether oxygens (including phenoxy) is 1. The van der Waals surface area contributed by atoms with Crippen LogP contribution in [0.5, 0.6) is 5.75 Å². The Labute approximate surface area is 128 Å². The molecule has 120 valence electrons. The Morgan fingerprint density at radius 2 is 1.76 bits per heavy atom. The summed E-state index contributed by atoms with van der Waals surface area (Å²) in [4.78, 5) is 1.91. The first-order valence-electron chi connectivity index (χ1n) is 7.39. The van der Waals surface area contributed by atoms with Gasteiger partial charge in [-0.15, -0.1) is 0 Å². The molecule has 4 heteroatoms. The zero-order valence-corrected chi connectivity index (χ0v) is 14.1. The Hall–Kier alpha value is -1.10. The summed E-state index contributed by atoms with van der Waals surface area (Å²) in [6, 6.07) is 4.11. The van der Waals surface area contributed by atoms with E-state index in [1.807, 2.05) is 31.9 Å². The van der Waals surface area contributed by atoms with Gasteiger partial charge in [-0.1, -0.05) is 12.1 Å². The Kier molecular flexibility index (Phi) is 6.20. The normalized spacial score (nSPS) is 13.6. The smallest absolute Gasteiger partial charge is 0.125 e. The van der Waals surface area contributed by atoms with E-state index in [-0.39, 0.29) is 6.61 Å². The van der Waals surface area contributed by atoms with Crippen LogP contribution in [0.25, 0.3) is 0 Å². The maximum absolute atomic E-state index is 10.1. The summed E-state index contributed by atoms with van der Waals surface area (Å²) < 4.78 is 5.80. The first kappa shape index (κ1) is 18.0. The number of hydrogen-bond donors (Lipinski definition) is 2. The predicted octanol–water partition coefficient (Wildman–Crippen LogP) is 2.05. The lowest BCUT2D eigenvalue weighted by molar-refractivity contribution is 0.0193. The minimum Gasteiger partial charge on any atom is -0.490 e. The van der Waals surface area contributed by atoms with Crippen LogP contribution >= 0.6 is 0 Å². The van der Waals surface area contributed by atoms with Crippen LogP contribution in [0, 0.1) is 20.8 Å². The van der Waals surface area contributed by atoms with Crippen LogP contribution in [0.15, 0.2) is 12.1 Å². The second kappa shape index (κ2) is 7.25. The van der Waals surface area contributed by atoms with E-state index < -0.39 is 11.7 Å². The molecule has 1 unspecified atom stereocenters. The molecule has 1 aromatic rings. The van der Waals surface area contributed by atoms with Crippen LogP contribution in [-0.4, -0.2) is 53.6 Å². The maximum atomic E-state index is 10.1. The van der Waals surface area contributed by atoms with Gasteiger partial charge in [-0.2, -0.15) is 0 Å². The zero-order chi connectivity index (χ0) is 16.2. The molecule has 0 spiro atoms. The van der Waals surface area contributed by atoms with Crippen molar-refractivity contribution in [2.24, 2.45) is 0 Å². The molecule has 2 N–H and O–H groups in total. The first-order valence-corrected chi connectivity index (χ1v) is 7.39. The average Bonchev–Trinajstić information content (AvgIpc) is 2.31. The summed E-state index contributed by atoms with van der Waals surface area (Å²) in [6.07, 6.45) is -0.586. The maximum Gasteiger partial charge on any atom is 0.125 e. The largest absolute Gasteiger partial charge is 0.490 e. The average molecular weight is 295 g/mol. The van der Waals surface area contributed by atoms with Gasteiger partial charge in [-0.3, -0.25) is 0 Å². The Bertz CT molecular complexity index is 466. The highest BCUT2D eigenvalue weighted by molar-refractivity contribution is 5.44. The minimum atomic E-state index is -0.765. The lowest BCUT2D eigenvalue weighted by Gasteiger charge is -2.27. The number of aliphatic hydroxyl groups is 2. The third-order valence-electron chi connectivity index (χ3n) is 3.47. The van der Waals surface area contributed by atoms with E-state index in [9.17, 15) is 10.2 Å². The van der Waals surface area contributed by atoms with Gasteiger partial charge in [0.15, 0.2) is 0 Å². The Morgan fingerprint density at radius 1 is 1.19 bits per heavy atom. The fraction of sp³-hybridized carbons (Fsp3) is 0.647. The van der Waals surface area contributed by atoms with E-state index in [1.165, 1.54) is 5.56 Å². The second-order valence-electron chi connectivity index (χ2n) is 6.63. The fourth-order valence-corrected chi connectivity index (χ4v) is 2.46. The molecule has 21 heavy (non-hydrogen) atoms. The van der Waals surface area contributed by atoms with Gasteiger partial charge in [-0.25, -0.2) is 0 Å². The van der Waals surface area contributed by atoms with Crippen LogP contribution in [0.2, 0.25) is 0 Å². The van der Waals surface area contributed by atoms with Crippen molar-refractivity contribution in [1.29, 1.82) is 0 Å². The van der Waals surface area contributed by atoms with E-state index in [1.54, 1.807) is 13.8 Å². The molecule has 0 fully saturated rings. The summed E-state index contributed by atoms with van der Waals surface area (Å²) in [6.45, 7) is 10.8. The van der Waals surface area contributed by atoms with Gasteiger partial charge >= 0.3 is 0 Å². The molecule has 0 aromatic heterocycles. The fourth-order valence-electron chi connectivity index (χ4n) is 2.46. The van der Waals surface area contributed by atoms with Crippen LogP contribution in [0.3, 0.4) is 0 Å². The molecule has 0 bridgehead atoms. The number of rotatable bonds is 7. The standard InChI is InChI=1S/C17H29NO3/c1-12-7-8-13(2)16(14(12)3)21-10-15(19)9-18(6)11-17(4,5)20/h7-8,15,19-20H,9-11H2,1-6H3. The number of likely N-dealkylation sites (N-methyl/N-ethyl adjacent to an activating group) is 1. The van der Waals surface area contributed by atoms with Crippen molar-refractivity contribution in [3.63, 3.8) is 0 Å². The molecular weight excluding hydrogens is 266 g/mol. The molecule has 0 aliphatic heterocycles. The van der Waals surface area contributed by atoms with Gasteiger partial charge in [0.05, 0.1) is 5.60 Å². The topological polar surface area (TPSA) is 52.9 Å². The molecule has 0 aliphatic rings. The van der Waals surface area contributed by atoms with Crippen molar-refractivity contribution in [3.05, 3.63) is 28.8 Å². The Balaban J connectivity index is 2.54. The summed E-state index contributed by atoms with van der Waals surface area (Å²) in [5.41, 5.74) is 2.62. The number of benzene rings is 1. The van der Waals surface area contributed by atoms with Crippen molar-refractivity contribution >= 4 is 0 Å². The van der Waals surface area contributed by atoms with Gasteiger partial charge in [0, 0.05) is 13.1 Å². The van der Waals surface area contributed by atoms with Crippen LogP contribution in [0.1, 0.15) is 30.5 Å². The number of aryl methyl sites for hydroxylation is 2. The van der Waals surface area contributed by atoms with Crippen LogP contribution in [-0.2, 0) is 0 Å². The molecule has 0 radical (unpaired) electrons. The summed E-state index contributed by atoms with van der Waals surface area (Å²) >= 11 is 0. The number of nitrogens with zero attached hydrogens (tertiary/aromatic N) is 1. The third kappa shape index (κ3) is 6.04. The van der Waals surface area contributed by atoms with E-state index in [4.69, 9.17) is 4.74 Å². The molecule has 0 saturated carbocycles. The minimum absolute atomic E-state index is 0.251. The van der Waals surface area contributed by atoms with E-state index in [0.717, 1.165) is 16.9 Å². The van der Waals surface area contributed by atoms with Crippen LogP contribution < -0.4 is 4.74 Å². The lowest BCUT2D eigenvalue weighted by atomic mass is 10.1. The monoisotopic (exact) mass is 295 g/mol. The third-order valence-corrected chi connectivity index (χ3v) is 3.47. The zero-order valence-electron chi connectivity index (χ0n) is 14.1. The molecule has 0 amide bonds. The van der Waals surface area contributed by atoms with Crippen molar-refractivity contribution in [2.45, 2.75) is 46.3 Å². The molecule has 4 nitrogen and oxygen atoms in total. The van der Waals surface area contributed by atoms with E-state index in [2.05, 4.69) is 13.0 Å². The quantitative estimate of drug-likeness (QED) is 0.808. The van der Waals surface area contributed by atoms with E-state index in [0.29, 0.717) is 13.1 Å². The molecule has 0 aliphatic carbocycles. The highest BCUT2D eigenvalue weighted by Gasteiger charge is 2.18. The van der Waals surface area contributed by atoms with Crippen molar-refractivity contribution in [3.8, 4) is 5.75 Å². The molecule has 1 rings (SSSR count). The molecule has 0 heterocycles. The summed E-state index contributed by atoms with van der Waals surface area (Å²) in [5, 5.41) is 19.8. The van der Waals surface area contributed by atoms with Crippen LogP contribution in [0.4, 0.5) is 0 Å². The highest BCUT2D eigenvalue weighted by Crippen LogP contribution is 2.25. The van der Waals surface area contributed by atoms with Gasteiger partial charge < -0.3 is 19.8 Å². The molecule has 1 aromatic carbocycles. The van der Waals surface area contributed by atoms with Crippen molar-refractivity contribution < 1.29 is 14.9 Å². The molecular formula is C17H29NO3. The van der Waals surface area contributed by atoms with Gasteiger partial charge in [0.2, 0.25) is 0 Å². The molecule has 0 saturated heterocycles. The first-order chi connectivity index (χ1) is 9.60. The van der Waals surface area contributed by atoms with Crippen molar-refractivity contribution in [2.75, 3.05) is 26.7 Å². The highest BCUT2D eigenvalue weighted by atomic mass is 16.5. The number of hydrogen-bond acceptors (Lipinski definition) is 4.